The van der Waals surface area contributed by atoms with Gasteiger partial charge in [-0.1, -0.05) is 6.07 Å². The summed E-state index contributed by atoms with van der Waals surface area (Å²) in [5.74, 6) is -0.800. The molecule has 2 amide bonds. The minimum absolute atomic E-state index is 0.213. The van der Waals surface area contributed by atoms with E-state index in [1.54, 1.807) is 23.8 Å². The highest BCUT2D eigenvalue weighted by Gasteiger charge is 2.30. The first kappa shape index (κ1) is 21.9. The lowest BCUT2D eigenvalue weighted by Gasteiger charge is -2.10. The number of carbonyl (C=O) groups excluding carboxylic acids is 2. The summed E-state index contributed by atoms with van der Waals surface area (Å²) >= 11 is 0. The molecule has 0 aliphatic heterocycles. The number of carbonyl (C=O) groups is 2. The van der Waals surface area contributed by atoms with Crippen molar-refractivity contribution >= 4 is 17.5 Å². The van der Waals surface area contributed by atoms with Gasteiger partial charge in [0.15, 0.2) is 0 Å². The molecule has 0 aliphatic rings. The van der Waals surface area contributed by atoms with Gasteiger partial charge in [-0.25, -0.2) is 4.98 Å². The molecular weight excluding hydrogens is 437 g/mol. The molecule has 10 heteroatoms. The third-order valence-electron chi connectivity index (χ3n) is 4.84. The smallest absolute Gasteiger partial charge is 0.416 e. The molecule has 168 valence electrons. The molecule has 0 radical (unpaired) electrons. The first-order chi connectivity index (χ1) is 15.7. The second-order valence-electron chi connectivity index (χ2n) is 7.02. The van der Waals surface area contributed by atoms with Gasteiger partial charge in [0.25, 0.3) is 11.8 Å². The molecule has 2 aromatic heterocycles. The maximum Gasteiger partial charge on any atom is 0.416 e. The lowest BCUT2D eigenvalue weighted by Crippen LogP contribution is -2.41. The van der Waals surface area contributed by atoms with Crippen LogP contribution < -0.4 is 15.6 Å². The number of hydrogen-bond donors (Lipinski definition) is 2. The van der Waals surface area contributed by atoms with Gasteiger partial charge in [0.1, 0.15) is 11.4 Å². The van der Waals surface area contributed by atoms with Gasteiger partial charge in [-0.2, -0.15) is 13.2 Å². The minimum atomic E-state index is -4.58. The van der Waals surface area contributed by atoms with Crippen molar-refractivity contribution in [1.29, 1.82) is 0 Å². The zero-order valence-electron chi connectivity index (χ0n) is 17.2. The summed E-state index contributed by atoms with van der Waals surface area (Å²) in [6.45, 7) is 0. The van der Waals surface area contributed by atoms with Gasteiger partial charge in [-0.3, -0.25) is 20.4 Å². The fourth-order valence-corrected chi connectivity index (χ4v) is 3.12. The van der Waals surface area contributed by atoms with Gasteiger partial charge in [-0.05, 0) is 54.6 Å². The van der Waals surface area contributed by atoms with Crippen LogP contribution in [-0.4, -0.2) is 28.3 Å². The van der Waals surface area contributed by atoms with Gasteiger partial charge in [0.2, 0.25) is 0 Å². The quantitative estimate of drug-likeness (QED) is 0.455. The van der Waals surface area contributed by atoms with Crippen LogP contribution in [0.5, 0.6) is 5.75 Å². The number of methoxy groups -OCH3 is 1. The molecule has 0 spiro atoms. The number of aromatic nitrogens is 2. The van der Waals surface area contributed by atoms with Gasteiger partial charge in [0, 0.05) is 23.5 Å². The van der Waals surface area contributed by atoms with E-state index in [9.17, 15) is 22.8 Å². The van der Waals surface area contributed by atoms with Crippen LogP contribution in [0.1, 0.15) is 26.3 Å². The van der Waals surface area contributed by atoms with E-state index >= 15 is 0 Å². The van der Waals surface area contributed by atoms with E-state index in [4.69, 9.17) is 4.74 Å². The van der Waals surface area contributed by atoms with Crippen molar-refractivity contribution in [3.05, 3.63) is 89.7 Å². The molecule has 0 fully saturated rings. The molecule has 0 bridgehead atoms. The summed E-state index contributed by atoms with van der Waals surface area (Å²) in [7, 11) is 1.58. The van der Waals surface area contributed by atoms with Gasteiger partial charge in [0.05, 0.1) is 23.9 Å². The van der Waals surface area contributed by atoms with Crippen molar-refractivity contribution in [2.24, 2.45) is 0 Å². The molecule has 0 saturated heterocycles. The van der Waals surface area contributed by atoms with Crippen molar-refractivity contribution < 1.29 is 27.5 Å². The SMILES string of the molecule is COc1ccc(-c2cn3cc(C(=O)NNC(=O)c4cccc(C(F)(F)F)c4)ccc3n2)cc1. The molecule has 2 N–H and O–H groups in total. The van der Waals surface area contributed by atoms with E-state index in [0.717, 1.165) is 17.7 Å². The number of halogens is 3. The van der Waals surface area contributed by atoms with Crippen LogP contribution in [0.2, 0.25) is 0 Å². The van der Waals surface area contributed by atoms with Crippen LogP contribution in [0.25, 0.3) is 16.9 Å². The van der Waals surface area contributed by atoms with E-state index in [2.05, 4.69) is 15.8 Å². The maximum atomic E-state index is 12.8. The Hall–Kier alpha value is -4.34. The Morgan fingerprint density at radius 1 is 0.909 bits per heavy atom. The summed E-state index contributed by atoms with van der Waals surface area (Å²) in [4.78, 5) is 29.1. The van der Waals surface area contributed by atoms with Crippen molar-refractivity contribution in [1.82, 2.24) is 20.2 Å². The molecule has 4 aromatic rings. The van der Waals surface area contributed by atoms with Crippen LogP contribution in [0.3, 0.4) is 0 Å². The van der Waals surface area contributed by atoms with Crippen molar-refractivity contribution in [2.45, 2.75) is 6.18 Å². The average molecular weight is 454 g/mol. The van der Waals surface area contributed by atoms with Crippen molar-refractivity contribution in [3.8, 4) is 17.0 Å². The van der Waals surface area contributed by atoms with Crippen molar-refractivity contribution in [2.75, 3.05) is 7.11 Å². The van der Waals surface area contributed by atoms with Gasteiger partial charge < -0.3 is 9.14 Å². The predicted molar refractivity (Wildman–Crippen MR) is 114 cm³/mol. The normalized spacial score (nSPS) is 11.3. The first-order valence-electron chi connectivity index (χ1n) is 9.66. The minimum Gasteiger partial charge on any atom is -0.497 e. The topological polar surface area (TPSA) is 84.7 Å². The van der Waals surface area contributed by atoms with Gasteiger partial charge in [-0.15, -0.1) is 0 Å². The highest BCUT2D eigenvalue weighted by molar-refractivity contribution is 5.99. The third-order valence-corrected chi connectivity index (χ3v) is 4.84. The van der Waals surface area contributed by atoms with E-state index in [0.29, 0.717) is 23.2 Å². The summed E-state index contributed by atoms with van der Waals surface area (Å²) in [5, 5.41) is 0. The van der Waals surface area contributed by atoms with E-state index in [1.807, 2.05) is 24.3 Å². The van der Waals surface area contributed by atoms with Gasteiger partial charge >= 0.3 is 6.18 Å². The number of nitrogens with one attached hydrogen (secondary N) is 2. The standard InChI is InChI=1S/C23H17F3N4O3/c1-33-18-8-5-14(6-9-18)19-13-30-12-16(7-10-20(30)27-19)22(32)29-28-21(31)15-3-2-4-17(11-15)23(24,25)26/h2-13H,1H3,(H,28,31)(H,29,32). The fraction of sp³-hybridized carbons (Fsp3) is 0.0870. The highest BCUT2D eigenvalue weighted by atomic mass is 19.4. The Bertz CT molecular complexity index is 1330. The van der Waals surface area contributed by atoms with Crippen LogP contribution >= 0.6 is 0 Å². The van der Waals surface area contributed by atoms with Crippen LogP contribution in [0.15, 0.2) is 73.1 Å². The summed E-state index contributed by atoms with van der Waals surface area (Å²) in [6.07, 6.45) is -1.30. The molecule has 2 aromatic carbocycles. The monoisotopic (exact) mass is 454 g/mol. The number of alkyl halides is 3. The van der Waals surface area contributed by atoms with E-state index < -0.39 is 23.6 Å². The average Bonchev–Trinajstić information content (AvgIpc) is 3.25. The second-order valence-corrected chi connectivity index (χ2v) is 7.02. The second kappa shape index (κ2) is 8.65. The predicted octanol–water partition coefficient (Wildman–Crippen LogP) is 4.10. The lowest BCUT2D eigenvalue weighted by molar-refractivity contribution is -0.137. The molecule has 0 aliphatic carbocycles. The maximum absolute atomic E-state index is 12.8. The zero-order valence-corrected chi connectivity index (χ0v) is 17.2. The molecule has 0 saturated carbocycles. The molecule has 4 rings (SSSR count). The third kappa shape index (κ3) is 4.79. The lowest BCUT2D eigenvalue weighted by atomic mass is 10.1. The number of pyridine rings is 1. The highest BCUT2D eigenvalue weighted by Crippen LogP contribution is 2.29. The molecule has 0 unspecified atom stereocenters. The van der Waals surface area contributed by atoms with Crippen LogP contribution in [0.4, 0.5) is 13.2 Å². The molecule has 33 heavy (non-hydrogen) atoms. The number of amides is 2. The summed E-state index contributed by atoms with van der Waals surface area (Å²) in [5.41, 5.74) is 5.50. The Kier molecular flexibility index (Phi) is 5.74. The first-order valence-corrected chi connectivity index (χ1v) is 9.66. The molecular formula is C23H17F3N4O3. The summed E-state index contributed by atoms with van der Waals surface area (Å²) < 4.78 is 45.3. The Labute approximate surface area is 185 Å². The number of nitrogens with zero attached hydrogens (tertiary/aromatic N) is 2. The Morgan fingerprint density at radius 2 is 1.61 bits per heavy atom. The Balaban J connectivity index is 1.46. The number of hydrogen-bond acceptors (Lipinski definition) is 4. The molecule has 7 nitrogen and oxygen atoms in total. The fourth-order valence-electron chi connectivity index (χ4n) is 3.12. The van der Waals surface area contributed by atoms with E-state index in [-0.39, 0.29) is 11.1 Å². The van der Waals surface area contributed by atoms with Crippen LogP contribution in [0, 0.1) is 0 Å². The Morgan fingerprint density at radius 3 is 2.27 bits per heavy atom. The van der Waals surface area contributed by atoms with Crippen molar-refractivity contribution in [3.63, 3.8) is 0 Å². The zero-order chi connectivity index (χ0) is 23.6. The van der Waals surface area contributed by atoms with Crippen LogP contribution in [-0.2, 0) is 6.18 Å². The summed E-state index contributed by atoms with van der Waals surface area (Å²) in [6, 6.07) is 14.4. The largest absolute Gasteiger partial charge is 0.497 e. The number of hydrazine groups is 1. The number of imidazole rings is 1. The molecule has 0 atom stereocenters. The number of rotatable bonds is 4. The number of fused-ring (bicyclic) bond motifs is 1. The molecule has 2 heterocycles. The van der Waals surface area contributed by atoms with E-state index in [1.165, 1.54) is 18.3 Å². The number of ether oxygens (including phenoxy) is 1. The number of benzene rings is 2.